The zero-order chi connectivity index (χ0) is 20.4. The SMILES string of the molecule is CC(C=Nc1cc(C2CC2C2=CNC(c3ncccn3)=NC2)cc(F)c1F)=CN. The number of allylic oxidation sites excluding steroid dienone is 1. The number of aromatic nitrogens is 2. The number of nitrogens with one attached hydrogen (secondary N) is 1. The molecule has 0 spiro atoms. The summed E-state index contributed by atoms with van der Waals surface area (Å²) in [6, 6.07) is 4.61. The standard InChI is InChI=1S/C21H20F2N6/c1-12(8-24)9-27-18-6-13(5-17(22)19(18)23)15-7-16(15)14-10-28-21(29-11-14)20-25-3-2-4-26-20/h2-6,8-10,15-16H,7,11,24H2,1H3,(H,28,29). The van der Waals surface area contributed by atoms with Crippen LogP contribution in [0.4, 0.5) is 14.5 Å². The van der Waals surface area contributed by atoms with Crippen molar-refractivity contribution in [1.29, 1.82) is 0 Å². The van der Waals surface area contributed by atoms with E-state index in [4.69, 9.17) is 5.73 Å². The number of aliphatic imine (C=N–C) groups is 2. The van der Waals surface area contributed by atoms with E-state index in [1.165, 1.54) is 18.5 Å². The van der Waals surface area contributed by atoms with Crippen LogP contribution in [0.25, 0.3) is 0 Å². The summed E-state index contributed by atoms with van der Waals surface area (Å²) >= 11 is 0. The molecule has 148 valence electrons. The van der Waals surface area contributed by atoms with Gasteiger partial charge in [-0.2, -0.15) is 0 Å². The number of benzene rings is 1. The molecule has 0 amide bonds. The lowest BCUT2D eigenvalue weighted by Gasteiger charge is -2.14. The lowest BCUT2D eigenvalue weighted by molar-refractivity contribution is 0.509. The molecule has 0 radical (unpaired) electrons. The molecular formula is C21H20F2N6. The summed E-state index contributed by atoms with van der Waals surface area (Å²) in [5, 5.41) is 3.14. The highest BCUT2D eigenvalue weighted by atomic mass is 19.2. The highest BCUT2D eigenvalue weighted by Crippen LogP contribution is 2.52. The Morgan fingerprint density at radius 1 is 1.24 bits per heavy atom. The molecule has 1 saturated carbocycles. The van der Waals surface area contributed by atoms with E-state index in [1.54, 1.807) is 31.5 Å². The fourth-order valence-electron chi connectivity index (χ4n) is 3.29. The predicted molar refractivity (Wildman–Crippen MR) is 108 cm³/mol. The first-order chi connectivity index (χ1) is 14.1. The highest BCUT2D eigenvalue weighted by Gasteiger charge is 2.42. The summed E-state index contributed by atoms with van der Waals surface area (Å²) in [5.74, 6) is -0.339. The van der Waals surface area contributed by atoms with Crippen LogP contribution in [0.3, 0.4) is 0 Å². The molecule has 4 rings (SSSR count). The number of rotatable bonds is 5. The van der Waals surface area contributed by atoms with Crippen molar-refractivity contribution in [3.8, 4) is 0 Å². The second kappa shape index (κ2) is 7.90. The summed E-state index contributed by atoms with van der Waals surface area (Å²) in [5.41, 5.74) is 7.88. The van der Waals surface area contributed by atoms with Crippen molar-refractivity contribution in [2.75, 3.05) is 6.54 Å². The van der Waals surface area contributed by atoms with Crippen LogP contribution < -0.4 is 11.1 Å². The van der Waals surface area contributed by atoms with E-state index in [9.17, 15) is 8.78 Å². The van der Waals surface area contributed by atoms with Gasteiger partial charge in [-0.05, 0) is 66.3 Å². The molecule has 2 unspecified atom stereocenters. The van der Waals surface area contributed by atoms with E-state index in [1.807, 2.05) is 6.20 Å². The van der Waals surface area contributed by atoms with E-state index in [0.29, 0.717) is 23.8 Å². The van der Waals surface area contributed by atoms with Gasteiger partial charge in [0.25, 0.3) is 0 Å². The van der Waals surface area contributed by atoms with Crippen LogP contribution in [-0.2, 0) is 0 Å². The molecule has 2 aliphatic rings. The number of halogens is 2. The Labute approximate surface area is 167 Å². The van der Waals surface area contributed by atoms with Crippen molar-refractivity contribution in [2.24, 2.45) is 21.6 Å². The van der Waals surface area contributed by atoms with Crippen molar-refractivity contribution in [3.05, 3.63) is 77.2 Å². The van der Waals surface area contributed by atoms with Crippen LogP contribution in [0.15, 0.2) is 64.1 Å². The van der Waals surface area contributed by atoms with Crippen molar-refractivity contribution in [1.82, 2.24) is 15.3 Å². The second-order valence-corrected chi connectivity index (χ2v) is 7.05. The monoisotopic (exact) mass is 394 g/mol. The number of hydrogen-bond donors (Lipinski definition) is 2. The molecule has 1 aromatic heterocycles. The van der Waals surface area contributed by atoms with Crippen molar-refractivity contribution < 1.29 is 8.78 Å². The molecule has 3 N–H and O–H groups in total. The summed E-state index contributed by atoms with van der Waals surface area (Å²) in [4.78, 5) is 16.9. The third-order valence-electron chi connectivity index (χ3n) is 4.99. The molecule has 1 aliphatic carbocycles. The predicted octanol–water partition coefficient (Wildman–Crippen LogP) is 3.36. The number of hydrogen-bond acceptors (Lipinski definition) is 6. The Morgan fingerprint density at radius 2 is 2.03 bits per heavy atom. The minimum absolute atomic E-state index is 0.0240. The van der Waals surface area contributed by atoms with Gasteiger partial charge in [0.15, 0.2) is 23.3 Å². The summed E-state index contributed by atoms with van der Waals surface area (Å²) in [6.45, 7) is 2.26. The van der Waals surface area contributed by atoms with Gasteiger partial charge in [-0.15, -0.1) is 0 Å². The maximum Gasteiger partial charge on any atom is 0.195 e. The van der Waals surface area contributed by atoms with E-state index in [0.717, 1.165) is 17.6 Å². The Hall–Kier alpha value is -3.42. The maximum atomic E-state index is 14.1. The average molecular weight is 394 g/mol. The van der Waals surface area contributed by atoms with Gasteiger partial charge in [-0.1, -0.05) is 0 Å². The quantitative estimate of drug-likeness (QED) is 0.761. The van der Waals surface area contributed by atoms with E-state index in [-0.39, 0.29) is 17.5 Å². The fourth-order valence-corrected chi connectivity index (χ4v) is 3.29. The van der Waals surface area contributed by atoms with Crippen molar-refractivity contribution in [2.45, 2.75) is 19.3 Å². The van der Waals surface area contributed by atoms with Crippen LogP contribution >= 0.6 is 0 Å². The molecule has 0 bridgehead atoms. The van der Waals surface area contributed by atoms with Gasteiger partial charge in [0, 0.05) is 24.8 Å². The minimum atomic E-state index is -0.956. The lowest BCUT2D eigenvalue weighted by atomic mass is 10.0. The smallest absolute Gasteiger partial charge is 0.195 e. The molecule has 6 nitrogen and oxygen atoms in total. The molecule has 1 aromatic carbocycles. The van der Waals surface area contributed by atoms with Gasteiger partial charge in [-0.3, -0.25) is 9.98 Å². The Morgan fingerprint density at radius 3 is 2.72 bits per heavy atom. The van der Waals surface area contributed by atoms with Crippen LogP contribution in [0.5, 0.6) is 0 Å². The van der Waals surface area contributed by atoms with Crippen LogP contribution in [0.2, 0.25) is 0 Å². The van der Waals surface area contributed by atoms with Gasteiger partial charge in [0.1, 0.15) is 5.69 Å². The Kier molecular flexibility index (Phi) is 5.16. The molecule has 2 atom stereocenters. The summed E-state index contributed by atoms with van der Waals surface area (Å²) in [6.07, 6.45) is 8.87. The zero-order valence-corrected chi connectivity index (χ0v) is 15.8. The van der Waals surface area contributed by atoms with Crippen LogP contribution in [0.1, 0.15) is 30.7 Å². The molecule has 0 saturated heterocycles. The maximum absolute atomic E-state index is 14.1. The summed E-state index contributed by atoms with van der Waals surface area (Å²) < 4.78 is 28.2. The van der Waals surface area contributed by atoms with Gasteiger partial charge in [0.2, 0.25) is 0 Å². The molecule has 29 heavy (non-hydrogen) atoms. The first-order valence-corrected chi connectivity index (χ1v) is 9.25. The average Bonchev–Trinajstić information content (AvgIpc) is 3.56. The van der Waals surface area contributed by atoms with Gasteiger partial charge >= 0.3 is 0 Å². The second-order valence-electron chi connectivity index (χ2n) is 7.05. The van der Waals surface area contributed by atoms with Gasteiger partial charge in [0.05, 0.1) is 6.54 Å². The Bertz CT molecular complexity index is 1040. The molecule has 2 heterocycles. The Balaban J connectivity index is 1.48. The van der Waals surface area contributed by atoms with E-state index in [2.05, 4.69) is 25.3 Å². The zero-order valence-electron chi connectivity index (χ0n) is 15.8. The van der Waals surface area contributed by atoms with Crippen LogP contribution in [0, 0.1) is 17.6 Å². The normalized spacial score (nSPS) is 21.6. The molecule has 2 aromatic rings. The summed E-state index contributed by atoms with van der Waals surface area (Å²) in [7, 11) is 0. The largest absolute Gasteiger partial charge is 0.404 e. The highest BCUT2D eigenvalue weighted by molar-refractivity contribution is 5.96. The van der Waals surface area contributed by atoms with Gasteiger partial charge in [-0.25, -0.2) is 18.7 Å². The molecular weight excluding hydrogens is 374 g/mol. The molecule has 1 aliphatic heterocycles. The van der Waals surface area contributed by atoms with E-state index < -0.39 is 11.6 Å². The number of amidine groups is 1. The lowest BCUT2D eigenvalue weighted by Crippen LogP contribution is -2.26. The minimum Gasteiger partial charge on any atom is -0.404 e. The van der Waals surface area contributed by atoms with Gasteiger partial charge < -0.3 is 11.1 Å². The number of nitrogens with zero attached hydrogens (tertiary/aromatic N) is 4. The van der Waals surface area contributed by atoms with Crippen molar-refractivity contribution in [3.63, 3.8) is 0 Å². The number of nitrogens with two attached hydrogens (primary N) is 1. The molecule has 8 heteroatoms. The topological polar surface area (TPSA) is 88.5 Å². The molecule has 1 fully saturated rings. The van der Waals surface area contributed by atoms with E-state index >= 15 is 0 Å². The first kappa shape index (κ1) is 18.9. The van der Waals surface area contributed by atoms with Crippen molar-refractivity contribution >= 4 is 17.7 Å². The first-order valence-electron chi connectivity index (χ1n) is 9.25. The van der Waals surface area contributed by atoms with Crippen LogP contribution in [-0.4, -0.2) is 28.6 Å². The third kappa shape index (κ3) is 4.06. The third-order valence-corrected chi connectivity index (χ3v) is 4.99. The fraction of sp³-hybridized carbons (Fsp3) is 0.238.